The summed E-state index contributed by atoms with van der Waals surface area (Å²) in [4.78, 5) is 12.2. The summed E-state index contributed by atoms with van der Waals surface area (Å²) in [7, 11) is 0. The average Bonchev–Trinajstić information content (AvgIpc) is 2.89. The van der Waals surface area contributed by atoms with E-state index in [-0.39, 0.29) is 54.8 Å². The molecule has 2 aliphatic rings. The standard InChI is InChI=1S/C21H32O5/c1-13(12-22)5-4-6-14(2)15-9-10-21(3,26)17(15)11-16-18(23)7-8-19(24)20(16)25/h5,9,14,17,19,22,24-26H,4,6-8,10-12H2,1-3H3/b13-5+. The molecular weight excluding hydrogens is 332 g/mol. The van der Waals surface area contributed by atoms with Crippen LogP contribution < -0.4 is 0 Å². The van der Waals surface area contributed by atoms with E-state index in [0.29, 0.717) is 6.42 Å². The summed E-state index contributed by atoms with van der Waals surface area (Å²) < 4.78 is 0. The summed E-state index contributed by atoms with van der Waals surface area (Å²) in [5, 5.41) is 39.9. The molecule has 0 fully saturated rings. The molecule has 5 heteroatoms. The summed E-state index contributed by atoms with van der Waals surface area (Å²) >= 11 is 0. The number of Topliss-reactive ketones (excluding diaryl/α,β-unsaturated/α-hetero) is 1. The van der Waals surface area contributed by atoms with E-state index in [1.807, 2.05) is 13.0 Å². The van der Waals surface area contributed by atoms with Crippen molar-refractivity contribution in [1.29, 1.82) is 0 Å². The molecule has 0 aromatic rings. The lowest BCUT2D eigenvalue weighted by atomic mass is 9.76. The van der Waals surface area contributed by atoms with E-state index in [1.165, 1.54) is 0 Å². The Hall–Kier alpha value is -1.43. The fourth-order valence-electron chi connectivity index (χ4n) is 3.98. The Morgan fingerprint density at radius 1 is 1.46 bits per heavy atom. The van der Waals surface area contributed by atoms with Crippen LogP contribution in [0.15, 0.2) is 34.6 Å². The van der Waals surface area contributed by atoms with Gasteiger partial charge in [0.25, 0.3) is 0 Å². The monoisotopic (exact) mass is 364 g/mol. The van der Waals surface area contributed by atoms with Gasteiger partial charge in [-0.1, -0.05) is 30.2 Å². The Bertz CT molecular complexity index is 626. The molecule has 0 spiro atoms. The summed E-state index contributed by atoms with van der Waals surface area (Å²) in [5.41, 5.74) is 1.36. The van der Waals surface area contributed by atoms with Gasteiger partial charge < -0.3 is 20.4 Å². The summed E-state index contributed by atoms with van der Waals surface area (Å²) in [6.45, 7) is 5.83. The number of ketones is 1. The minimum absolute atomic E-state index is 0.0618. The zero-order chi connectivity index (χ0) is 19.5. The van der Waals surface area contributed by atoms with Crippen molar-refractivity contribution in [3.63, 3.8) is 0 Å². The second-order valence-corrected chi connectivity index (χ2v) is 8.05. The molecule has 2 aliphatic carbocycles. The Labute approximate surface area is 155 Å². The first-order valence-corrected chi connectivity index (χ1v) is 9.49. The highest BCUT2D eigenvalue weighted by molar-refractivity contribution is 5.96. The maximum atomic E-state index is 12.2. The topological polar surface area (TPSA) is 98.0 Å². The van der Waals surface area contributed by atoms with Crippen molar-refractivity contribution in [3.05, 3.63) is 34.6 Å². The first kappa shape index (κ1) is 20.9. The van der Waals surface area contributed by atoms with E-state index < -0.39 is 11.7 Å². The quantitative estimate of drug-likeness (QED) is 0.521. The SMILES string of the molecule is C/C(=C\CCC(C)C1=CCC(C)(O)C1CC1=C(O)C(O)CCC1=O)CO. The van der Waals surface area contributed by atoms with Gasteiger partial charge in [-0.05, 0) is 51.9 Å². The fourth-order valence-corrected chi connectivity index (χ4v) is 3.98. The second kappa shape index (κ2) is 8.51. The molecule has 0 radical (unpaired) electrons. The molecule has 0 heterocycles. The molecule has 4 atom stereocenters. The molecule has 5 nitrogen and oxygen atoms in total. The van der Waals surface area contributed by atoms with Crippen LogP contribution in [0.1, 0.15) is 59.3 Å². The number of hydrogen-bond donors (Lipinski definition) is 4. The van der Waals surface area contributed by atoms with Crippen LogP contribution in [-0.4, -0.2) is 44.5 Å². The maximum absolute atomic E-state index is 12.2. The Morgan fingerprint density at radius 3 is 2.81 bits per heavy atom. The second-order valence-electron chi connectivity index (χ2n) is 8.05. The van der Waals surface area contributed by atoms with E-state index in [0.717, 1.165) is 24.0 Å². The Morgan fingerprint density at radius 2 is 2.15 bits per heavy atom. The predicted octanol–water partition coefficient (Wildman–Crippen LogP) is 2.96. The molecule has 0 bridgehead atoms. The molecule has 0 saturated heterocycles. The highest BCUT2D eigenvalue weighted by atomic mass is 16.3. The number of hydrogen-bond acceptors (Lipinski definition) is 5. The first-order chi connectivity index (χ1) is 12.2. The van der Waals surface area contributed by atoms with Gasteiger partial charge in [0.2, 0.25) is 0 Å². The number of rotatable bonds is 7. The highest BCUT2D eigenvalue weighted by Gasteiger charge is 2.42. The average molecular weight is 364 g/mol. The van der Waals surface area contributed by atoms with E-state index >= 15 is 0 Å². The lowest BCUT2D eigenvalue weighted by Crippen LogP contribution is -2.35. The van der Waals surface area contributed by atoms with Gasteiger partial charge in [-0.25, -0.2) is 0 Å². The van der Waals surface area contributed by atoms with Crippen LogP contribution in [-0.2, 0) is 4.79 Å². The Kier molecular flexibility index (Phi) is 6.83. The molecule has 0 aromatic carbocycles. The van der Waals surface area contributed by atoms with Gasteiger partial charge in [0, 0.05) is 17.9 Å². The predicted molar refractivity (Wildman–Crippen MR) is 101 cm³/mol. The lowest BCUT2D eigenvalue weighted by Gasteiger charge is -2.32. The molecule has 0 saturated carbocycles. The molecule has 0 aromatic heterocycles. The van der Waals surface area contributed by atoms with Crippen molar-refractivity contribution in [2.24, 2.45) is 11.8 Å². The van der Waals surface area contributed by atoms with Gasteiger partial charge in [0.15, 0.2) is 5.78 Å². The number of carbonyl (C=O) groups is 1. The zero-order valence-electron chi connectivity index (χ0n) is 16.0. The van der Waals surface area contributed by atoms with Crippen molar-refractivity contribution in [1.82, 2.24) is 0 Å². The molecule has 4 N–H and O–H groups in total. The smallest absolute Gasteiger partial charge is 0.162 e. The molecule has 26 heavy (non-hydrogen) atoms. The number of carbonyl (C=O) groups excluding carboxylic acids is 1. The third kappa shape index (κ3) is 4.64. The van der Waals surface area contributed by atoms with Crippen molar-refractivity contribution in [3.8, 4) is 0 Å². The van der Waals surface area contributed by atoms with Crippen molar-refractivity contribution >= 4 is 5.78 Å². The summed E-state index contributed by atoms with van der Waals surface area (Å²) in [6, 6.07) is 0. The molecule has 146 valence electrons. The summed E-state index contributed by atoms with van der Waals surface area (Å²) in [6.07, 6.45) is 6.09. The van der Waals surface area contributed by atoms with E-state index in [2.05, 4.69) is 13.0 Å². The van der Waals surface area contributed by atoms with Crippen LogP contribution in [0.5, 0.6) is 0 Å². The van der Waals surface area contributed by atoms with Crippen LogP contribution in [0, 0.1) is 11.8 Å². The van der Waals surface area contributed by atoms with E-state index in [9.17, 15) is 20.1 Å². The van der Waals surface area contributed by atoms with Gasteiger partial charge in [0.1, 0.15) is 11.9 Å². The van der Waals surface area contributed by atoms with Crippen LogP contribution in [0.25, 0.3) is 0 Å². The van der Waals surface area contributed by atoms with Crippen LogP contribution in [0.4, 0.5) is 0 Å². The van der Waals surface area contributed by atoms with Gasteiger partial charge >= 0.3 is 0 Å². The van der Waals surface area contributed by atoms with Crippen LogP contribution in [0.2, 0.25) is 0 Å². The van der Waals surface area contributed by atoms with Gasteiger partial charge in [-0.15, -0.1) is 0 Å². The molecule has 0 aliphatic heterocycles. The lowest BCUT2D eigenvalue weighted by molar-refractivity contribution is -0.117. The fraction of sp³-hybridized carbons (Fsp3) is 0.667. The van der Waals surface area contributed by atoms with Crippen LogP contribution >= 0.6 is 0 Å². The molecule has 0 amide bonds. The highest BCUT2D eigenvalue weighted by Crippen LogP contribution is 2.44. The minimum Gasteiger partial charge on any atom is -0.509 e. The normalized spacial score (nSPS) is 31.4. The maximum Gasteiger partial charge on any atom is 0.162 e. The number of aliphatic hydroxyl groups excluding tert-OH is 3. The number of allylic oxidation sites excluding steroid dienone is 2. The van der Waals surface area contributed by atoms with Crippen LogP contribution in [0.3, 0.4) is 0 Å². The van der Waals surface area contributed by atoms with Crippen molar-refractivity contribution in [2.75, 3.05) is 6.61 Å². The molecule has 2 rings (SSSR count). The van der Waals surface area contributed by atoms with E-state index in [1.54, 1.807) is 6.92 Å². The van der Waals surface area contributed by atoms with Crippen molar-refractivity contribution < 1.29 is 25.2 Å². The van der Waals surface area contributed by atoms with E-state index in [4.69, 9.17) is 5.11 Å². The molecule has 4 unspecified atom stereocenters. The van der Waals surface area contributed by atoms with Gasteiger partial charge in [0.05, 0.1) is 12.2 Å². The Balaban J connectivity index is 2.15. The van der Waals surface area contributed by atoms with Gasteiger partial charge in [-0.3, -0.25) is 4.79 Å². The number of aliphatic hydroxyl groups is 4. The minimum atomic E-state index is -0.981. The van der Waals surface area contributed by atoms with Crippen molar-refractivity contribution in [2.45, 2.75) is 71.0 Å². The summed E-state index contributed by atoms with van der Waals surface area (Å²) in [5.74, 6) is -0.378. The third-order valence-electron chi connectivity index (χ3n) is 5.83. The first-order valence-electron chi connectivity index (χ1n) is 9.49. The zero-order valence-corrected chi connectivity index (χ0v) is 16.0. The third-order valence-corrected chi connectivity index (χ3v) is 5.83. The largest absolute Gasteiger partial charge is 0.509 e. The van der Waals surface area contributed by atoms with Gasteiger partial charge in [-0.2, -0.15) is 0 Å². The molecular formula is C21H32O5.